The fraction of sp³-hybridized carbons (Fsp3) is 0.273. The number of nitrogens with zero attached hydrogens (tertiary/aromatic N) is 1. The third-order valence-electron chi connectivity index (χ3n) is 4.25. The van der Waals surface area contributed by atoms with Gasteiger partial charge in [-0.3, -0.25) is 14.6 Å². The van der Waals surface area contributed by atoms with E-state index in [1.165, 1.54) is 0 Å². The number of aryl methyl sites for hydroxylation is 2. The number of pyridine rings is 1. The molecule has 0 spiro atoms. The average molecular weight is 426 g/mol. The van der Waals surface area contributed by atoms with E-state index in [-0.39, 0.29) is 13.0 Å². The van der Waals surface area contributed by atoms with Gasteiger partial charge >= 0.3 is 11.9 Å². The summed E-state index contributed by atoms with van der Waals surface area (Å²) >= 11 is 1.12. The van der Waals surface area contributed by atoms with Crippen LogP contribution in [0, 0.1) is 6.92 Å². The van der Waals surface area contributed by atoms with E-state index >= 15 is 0 Å². The highest BCUT2D eigenvalue weighted by molar-refractivity contribution is 7.18. The summed E-state index contributed by atoms with van der Waals surface area (Å²) in [5.41, 5.74) is 2.38. The number of carbonyl (C=O) groups excluding carboxylic acids is 3. The van der Waals surface area contributed by atoms with Crippen molar-refractivity contribution in [2.45, 2.75) is 26.7 Å². The largest absolute Gasteiger partial charge is 0.462 e. The van der Waals surface area contributed by atoms with Crippen LogP contribution in [0.5, 0.6) is 0 Å². The number of thiophene rings is 1. The first kappa shape index (κ1) is 21.4. The third-order valence-corrected chi connectivity index (χ3v) is 5.38. The number of carbonyl (C=O) groups is 3. The van der Waals surface area contributed by atoms with E-state index in [1.807, 2.05) is 36.4 Å². The Labute approximate surface area is 178 Å². The molecule has 3 rings (SSSR count). The predicted octanol–water partition coefficient (Wildman–Crippen LogP) is 3.90. The van der Waals surface area contributed by atoms with Crippen LogP contribution in [0.15, 0.2) is 42.5 Å². The first-order valence-electron chi connectivity index (χ1n) is 9.54. The standard InChI is InChI=1S/C22H22N2O5S/c1-3-28-22(27)21-14(2)12-19(30-21)24-18(25)13-29-20(26)11-10-16-9-8-15-6-4-5-7-17(15)23-16/h4-9,12H,3,10-11,13H2,1-2H3,(H,24,25). The number of rotatable bonds is 8. The molecule has 2 aromatic heterocycles. The minimum atomic E-state index is -0.477. The Morgan fingerprint density at radius 2 is 1.90 bits per heavy atom. The Morgan fingerprint density at radius 1 is 1.10 bits per heavy atom. The Bertz CT molecular complexity index is 1080. The Hall–Kier alpha value is -3.26. The molecule has 3 aromatic rings. The number of amides is 1. The maximum atomic E-state index is 12.0. The molecule has 0 radical (unpaired) electrons. The molecule has 0 aliphatic rings. The van der Waals surface area contributed by atoms with E-state index in [9.17, 15) is 14.4 Å². The van der Waals surface area contributed by atoms with E-state index in [2.05, 4.69) is 10.3 Å². The number of hydrogen-bond acceptors (Lipinski definition) is 7. The van der Waals surface area contributed by atoms with E-state index in [4.69, 9.17) is 9.47 Å². The maximum absolute atomic E-state index is 12.0. The fourth-order valence-electron chi connectivity index (χ4n) is 2.81. The summed E-state index contributed by atoms with van der Waals surface area (Å²) in [7, 11) is 0. The molecule has 2 heterocycles. The first-order valence-corrected chi connectivity index (χ1v) is 10.4. The van der Waals surface area contributed by atoms with Gasteiger partial charge in [-0.05, 0) is 37.6 Å². The lowest BCUT2D eigenvalue weighted by atomic mass is 10.1. The molecule has 0 atom stereocenters. The molecule has 0 unspecified atom stereocenters. The second kappa shape index (κ2) is 9.98. The molecule has 7 nitrogen and oxygen atoms in total. The molecule has 0 saturated carbocycles. The van der Waals surface area contributed by atoms with Crippen molar-refractivity contribution in [3.8, 4) is 0 Å². The smallest absolute Gasteiger partial charge is 0.348 e. The molecule has 0 saturated heterocycles. The monoisotopic (exact) mass is 426 g/mol. The number of fused-ring (bicyclic) bond motifs is 1. The lowest BCUT2D eigenvalue weighted by molar-refractivity contribution is -0.147. The summed E-state index contributed by atoms with van der Waals surface area (Å²) in [6.45, 7) is 3.38. The van der Waals surface area contributed by atoms with Gasteiger partial charge in [0, 0.05) is 17.5 Å². The highest BCUT2D eigenvalue weighted by Gasteiger charge is 2.16. The Kier molecular flexibility index (Phi) is 7.13. The van der Waals surface area contributed by atoms with Crippen molar-refractivity contribution in [3.63, 3.8) is 0 Å². The molecule has 8 heteroatoms. The van der Waals surface area contributed by atoms with E-state index in [0.717, 1.165) is 27.9 Å². The summed E-state index contributed by atoms with van der Waals surface area (Å²) in [5.74, 6) is -1.37. The summed E-state index contributed by atoms with van der Waals surface area (Å²) in [6, 6.07) is 13.3. The van der Waals surface area contributed by atoms with Crippen molar-refractivity contribution in [2.75, 3.05) is 18.5 Å². The van der Waals surface area contributed by atoms with E-state index in [1.54, 1.807) is 19.9 Å². The third kappa shape index (κ3) is 5.64. The topological polar surface area (TPSA) is 94.6 Å². The summed E-state index contributed by atoms with van der Waals surface area (Å²) in [4.78, 5) is 40.8. The minimum absolute atomic E-state index is 0.129. The zero-order valence-electron chi connectivity index (χ0n) is 16.8. The molecule has 1 amide bonds. The van der Waals surface area contributed by atoms with Gasteiger partial charge in [-0.2, -0.15) is 0 Å². The van der Waals surface area contributed by atoms with Crippen LogP contribution < -0.4 is 5.32 Å². The van der Waals surface area contributed by atoms with Crippen LogP contribution in [0.3, 0.4) is 0 Å². The number of benzene rings is 1. The van der Waals surface area contributed by atoms with E-state index < -0.39 is 24.5 Å². The van der Waals surface area contributed by atoms with Gasteiger partial charge in [-0.15, -0.1) is 11.3 Å². The van der Waals surface area contributed by atoms with Gasteiger partial charge in [0.05, 0.1) is 23.5 Å². The van der Waals surface area contributed by atoms with Gasteiger partial charge in [0.15, 0.2) is 6.61 Å². The first-order chi connectivity index (χ1) is 14.5. The van der Waals surface area contributed by atoms with Crippen LogP contribution >= 0.6 is 11.3 Å². The van der Waals surface area contributed by atoms with Crippen LogP contribution in [0.25, 0.3) is 10.9 Å². The molecule has 156 valence electrons. The molecular weight excluding hydrogens is 404 g/mol. The van der Waals surface area contributed by atoms with Crippen LogP contribution in [-0.4, -0.2) is 36.0 Å². The van der Waals surface area contributed by atoms with Crippen LogP contribution in [-0.2, 0) is 25.5 Å². The lowest BCUT2D eigenvalue weighted by Gasteiger charge is -2.06. The summed E-state index contributed by atoms with van der Waals surface area (Å²) in [6.07, 6.45) is 0.558. The van der Waals surface area contributed by atoms with Crippen LogP contribution in [0.4, 0.5) is 5.00 Å². The molecule has 0 bridgehead atoms. The molecule has 0 fully saturated rings. The molecule has 30 heavy (non-hydrogen) atoms. The van der Waals surface area contributed by atoms with Crippen molar-refractivity contribution >= 4 is 45.1 Å². The number of aromatic nitrogens is 1. The Balaban J connectivity index is 1.45. The highest BCUT2D eigenvalue weighted by Crippen LogP contribution is 2.27. The quantitative estimate of drug-likeness (QED) is 0.549. The van der Waals surface area contributed by atoms with Gasteiger partial charge in [0.1, 0.15) is 4.88 Å². The number of anilines is 1. The zero-order valence-corrected chi connectivity index (χ0v) is 17.6. The number of hydrogen-bond donors (Lipinski definition) is 1. The van der Waals surface area contributed by atoms with E-state index in [0.29, 0.717) is 21.9 Å². The van der Waals surface area contributed by atoms with Crippen LogP contribution in [0.2, 0.25) is 0 Å². The lowest BCUT2D eigenvalue weighted by Crippen LogP contribution is -2.20. The fourth-order valence-corrected chi connectivity index (χ4v) is 3.79. The van der Waals surface area contributed by atoms with Gasteiger partial charge in [-0.1, -0.05) is 24.3 Å². The Morgan fingerprint density at radius 3 is 2.70 bits per heavy atom. The van der Waals surface area contributed by atoms with Crippen molar-refractivity contribution in [3.05, 3.63) is 58.6 Å². The van der Waals surface area contributed by atoms with Crippen molar-refractivity contribution in [2.24, 2.45) is 0 Å². The predicted molar refractivity (Wildman–Crippen MR) is 115 cm³/mol. The summed E-state index contributed by atoms with van der Waals surface area (Å²) in [5, 5.41) is 4.17. The number of ether oxygens (including phenoxy) is 2. The van der Waals surface area contributed by atoms with Gasteiger partial charge in [0.25, 0.3) is 5.91 Å². The molecule has 1 aromatic carbocycles. The average Bonchev–Trinajstić information content (AvgIpc) is 3.10. The number of para-hydroxylation sites is 1. The normalized spacial score (nSPS) is 10.6. The molecule has 0 aliphatic heterocycles. The SMILES string of the molecule is CCOC(=O)c1sc(NC(=O)COC(=O)CCc2ccc3ccccc3n2)cc1C. The van der Waals surface area contributed by atoms with Gasteiger partial charge in [0.2, 0.25) is 0 Å². The maximum Gasteiger partial charge on any atom is 0.348 e. The highest BCUT2D eigenvalue weighted by atomic mass is 32.1. The van der Waals surface area contributed by atoms with Crippen molar-refractivity contribution < 1.29 is 23.9 Å². The number of nitrogens with one attached hydrogen (secondary N) is 1. The summed E-state index contributed by atoms with van der Waals surface area (Å²) < 4.78 is 10.0. The minimum Gasteiger partial charge on any atom is -0.462 e. The molecule has 1 N–H and O–H groups in total. The van der Waals surface area contributed by atoms with Crippen molar-refractivity contribution in [1.29, 1.82) is 0 Å². The number of esters is 2. The van der Waals surface area contributed by atoms with Gasteiger partial charge < -0.3 is 14.8 Å². The van der Waals surface area contributed by atoms with Gasteiger partial charge in [-0.25, -0.2) is 4.79 Å². The zero-order chi connectivity index (χ0) is 21.5. The molecular formula is C22H22N2O5S. The second-order valence-corrected chi connectivity index (χ2v) is 7.60. The van der Waals surface area contributed by atoms with Crippen LogP contribution in [0.1, 0.15) is 34.3 Å². The van der Waals surface area contributed by atoms with Crippen molar-refractivity contribution in [1.82, 2.24) is 4.98 Å². The second-order valence-electron chi connectivity index (χ2n) is 6.55. The molecule has 0 aliphatic carbocycles.